The molecule has 1 N–H and O–H groups in total. The van der Waals surface area contributed by atoms with Crippen molar-refractivity contribution in [2.45, 2.75) is 39.0 Å². The molecule has 1 aromatic heterocycles. The minimum atomic E-state index is -4.71. The number of nitrogens with one attached hydrogen (secondary N) is 1. The maximum absolute atomic E-state index is 12.3. The molecular weight excluding hydrogens is 453 g/mol. The predicted octanol–water partition coefficient (Wildman–Crippen LogP) is 4.21. The number of nitrogens with zero attached hydrogens (tertiary/aromatic N) is 3. The van der Waals surface area contributed by atoms with Crippen molar-refractivity contribution in [1.29, 1.82) is 0 Å². The molecule has 0 amide bonds. The molecule has 0 aliphatic carbocycles. The Hall–Kier alpha value is -3.24. The number of hydrogen-bond acceptors (Lipinski definition) is 8. The molecule has 8 nitrogen and oxygen atoms in total. The predicted molar refractivity (Wildman–Crippen MR) is 120 cm³/mol. The maximum atomic E-state index is 12.3. The van der Waals surface area contributed by atoms with Gasteiger partial charge in [0.25, 0.3) is 0 Å². The summed E-state index contributed by atoms with van der Waals surface area (Å²) in [7, 11) is 1.49. The van der Waals surface area contributed by atoms with Gasteiger partial charge in [0, 0.05) is 25.7 Å². The van der Waals surface area contributed by atoms with E-state index in [0.717, 1.165) is 24.9 Å². The summed E-state index contributed by atoms with van der Waals surface area (Å²) in [6.07, 6.45) is -1.87. The number of alkyl halides is 3. The van der Waals surface area contributed by atoms with Crippen molar-refractivity contribution in [1.82, 2.24) is 9.97 Å². The largest absolute Gasteiger partial charge is 0.573 e. The van der Waals surface area contributed by atoms with Crippen molar-refractivity contribution >= 4 is 17.6 Å². The molecule has 186 valence electrons. The fourth-order valence-corrected chi connectivity index (χ4v) is 3.84. The van der Waals surface area contributed by atoms with E-state index >= 15 is 0 Å². The molecule has 2 heterocycles. The first-order valence-corrected chi connectivity index (χ1v) is 11.2. The number of esters is 1. The van der Waals surface area contributed by atoms with Gasteiger partial charge in [-0.15, -0.1) is 13.2 Å². The number of methoxy groups -OCH3 is 1. The quantitative estimate of drug-likeness (QED) is 0.504. The Morgan fingerprint density at radius 2 is 2.00 bits per heavy atom. The number of benzene rings is 1. The van der Waals surface area contributed by atoms with Crippen LogP contribution in [0.4, 0.5) is 24.8 Å². The molecule has 34 heavy (non-hydrogen) atoms. The van der Waals surface area contributed by atoms with E-state index in [2.05, 4.69) is 24.9 Å². The number of piperidine rings is 1. The molecule has 0 radical (unpaired) electrons. The highest BCUT2D eigenvalue weighted by molar-refractivity contribution is 5.69. The molecular formula is C23H29F3N4O4. The van der Waals surface area contributed by atoms with Crippen LogP contribution in [0, 0.1) is 5.92 Å². The molecule has 1 fully saturated rings. The SMILES string of the molecule is CCOC(=O)C[C@@H]1CCCN(c2cc(NCCc3ccc(OC(F)(F)F)cc3)nc(OC)n2)C1. The number of ether oxygens (including phenoxy) is 3. The standard InChI is InChI=1S/C23H29F3N4O4/c1-3-33-21(31)13-17-5-4-12-30(15-17)20-14-19(28-22(29-20)32-2)27-11-10-16-6-8-18(9-7-16)34-23(24,25)26/h6-9,14,17H,3-5,10-13,15H2,1-2H3,(H,27,28,29)/t17-/m0/s1. The monoisotopic (exact) mass is 482 g/mol. The maximum Gasteiger partial charge on any atom is 0.573 e. The van der Waals surface area contributed by atoms with E-state index in [1.807, 2.05) is 6.07 Å². The lowest BCUT2D eigenvalue weighted by Gasteiger charge is -2.33. The third-order valence-corrected chi connectivity index (χ3v) is 5.36. The van der Waals surface area contributed by atoms with E-state index in [1.165, 1.54) is 19.2 Å². The molecule has 0 bridgehead atoms. The zero-order chi connectivity index (χ0) is 24.6. The van der Waals surface area contributed by atoms with Gasteiger partial charge in [-0.05, 0) is 49.8 Å². The van der Waals surface area contributed by atoms with Crippen molar-refractivity contribution in [3.63, 3.8) is 0 Å². The number of carbonyl (C=O) groups excluding carboxylic acids is 1. The van der Waals surface area contributed by atoms with Crippen LogP contribution in [-0.4, -0.2) is 55.7 Å². The van der Waals surface area contributed by atoms with Crippen LogP contribution >= 0.6 is 0 Å². The number of rotatable bonds is 10. The molecule has 1 saturated heterocycles. The van der Waals surface area contributed by atoms with E-state index in [9.17, 15) is 18.0 Å². The summed E-state index contributed by atoms with van der Waals surface area (Å²) in [6.45, 7) is 4.17. The zero-order valence-electron chi connectivity index (χ0n) is 19.2. The van der Waals surface area contributed by atoms with Gasteiger partial charge in [-0.1, -0.05) is 12.1 Å². The lowest BCUT2D eigenvalue weighted by molar-refractivity contribution is -0.274. The number of carbonyl (C=O) groups is 1. The second kappa shape index (κ2) is 11.8. The van der Waals surface area contributed by atoms with Crippen LogP contribution in [0.15, 0.2) is 30.3 Å². The highest BCUT2D eigenvalue weighted by Crippen LogP contribution is 2.27. The molecule has 0 unspecified atom stereocenters. The average Bonchev–Trinajstić information content (AvgIpc) is 2.79. The van der Waals surface area contributed by atoms with Crippen LogP contribution in [0.3, 0.4) is 0 Å². The van der Waals surface area contributed by atoms with Gasteiger partial charge in [0.2, 0.25) is 0 Å². The number of halogens is 3. The van der Waals surface area contributed by atoms with Crippen molar-refractivity contribution in [3.8, 4) is 11.8 Å². The summed E-state index contributed by atoms with van der Waals surface area (Å²) in [4.78, 5) is 22.8. The van der Waals surface area contributed by atoms with Crippen LogP contribution in [0.1, 0.15) is 31.7 Å². The molecule has 2 aromatic rings. The summed E-state index contributed by atoms with van der Waals surface area (Å²) in [5, 5.41) is 3.22. The minimum absolute atomic E-state index is 0.185. The van der Waals surface area contributed by atoms with Crippen molar-refractivity contribution < 1.29 is 32.2 Å². The zero-order valence-corrected chi connectivity index (χ0v) is 19.2. The summed E-state index contributed by atoms with van der Waals surface area (Å²) in [6, 6.07) is 7.81. The third-order valence-electron chi connectivity index (χ3n) is 5.36. The number of aromatic nitrogens is 2. The lowest BCUT2D eigenvalue weighted by atomic mass is 9.95. The Balaban J connectivity index is 1.59. The highest BCUT2D eigenvalue weighted by Gasteiger charge is 2.31. The summed E-state index contributed by atoms with van der Waals surface area (Å²) in [5.41, 5.74) is 0.848. The van der Waals surface area contributed by atoms with E-state index in [4.69, 9.17) is 9.47 Å². The molecule has 1 aliphatic heterocycles. The highest BCUT2D eigenvalue weighted by atomic mass is 19.4. The van der Waals surface area contributed by atoms with E-state index in [-0.39, 0.29) is 23.6 Å². The van der Waals surface area contributed by atoms with Gasteiger partial charge >= 0.3 is 18.3 Å². The van der Waals surface area contributed by atoms with Gasteiger partial charge in [-0.2, -0.15) is 9.97 Å². The van der Waals surface area contributed by atoms with Gasteiger partial charge in [0.05, 0.1) is 20.1 Å². The Morgan fingerprint density at radius 3 is 2.68 bits per heavy atom. The van der Waals surface area contributed by atoms with E-state index in [1.54, 1.807) is 19.1 Å². The minimum Gasteiger partial charge on any atom is -0.467 e. The molecule has 11 heteroatoms. The van der Waals surface area contributed by atoms with Crippen LogP contribution < -0.4 is 19.7 Å². The Kier molecular flexibility index (Phi) is 8.78. The molecule has 1 atom stereocenters. The average molecular weight is 483 g/mol. The number of hydrogen-bond donors (Lipinski definition) is 1. The van der Waals surface area contributed by atoms with Gasteiger partial charge in [0.15, 0.2) is 0 Å². The fourth-order valence-electron chi connectivity index (χ4n) is 3.84. The second-order valence-corrected chi connectivity index (χ2v) is 7.93. The molecule has 1 aliphatic rings. The number of anilines is 2. The lowest BCUT2D eigenvalue weighted by Crippen LogP contribution is -2.37. The van der Waals surface area contributed by atoms with Crippen molar-refractivity contribution in [2.24, 2.45) is 5.92 Å². The van der Waals surface area contributed by atoms with Gasteiger partial charge in [-0.3, -0.25) is 4.79 Å². The molecule has 0 spiro atoms. The molecule has 1 aromatic carbocycles. The first-order valence-electron chi connectivity index (χ1n) is 11.2. The van der Waals surface area contributed by atoms with Gasteiger partial charge in [0.1, 0.15) is 17.4 Å². The van der Waals surface area contributed by atoms with E-state index in [0.29, 0.717) is 44.2 Å². The fraction of sp³-hybridized carbons (Fsp3) is 0.522. The van der Waals surface area contributed by atoms with Gasteiger partial charge < -0.3 is 24.4 Å². The van der Waals surface area contributed by atoms with Gasteiger partial charge in [-0.25, -0.2) is 0 Å². The first-order chi connectivity index (χ1) is 16.3. The van der Waals surface area contributed by atoms with E-state index < -0.39 is 6.36 Å². The Bertz CT molecular complexity index is 941. The van der Waals surface area contributed by atoms with Crippen LogP contribution in [0.5, 0.6) is 11.8 Å². The molecule has 0 saturated carbocycles. The smallest absolute Gasteiger partial charge is 0.467 e. The Morgan fingerprint density at radius 1 is 1.24 bits per heavy atom. The topological polar surface area (TPSA) is 85.8 Å². The third kappa shape index (κ3) is 7.96. The van der Waals surface area contributed by atoms with Crippen molar-refractivity contribution in [3.05, 3.63) is 35.9 Å². The summed E-state index contributed by atoms with van der Waals surface area (Å²) < 4.78 is 51.1. The summed E-state index contributed by atoms with van der Waals surface area (Å²) in [5.74, 6) is 1.03. The van der Waals surface area contributed by atoms with Crippen LogP contribution in [0.25, 0.3) is 0 Å². The van der Waals surface area contributed by atoms with Crippen molar-refractivity contribution in [2.75, 3.05) is 43.6 Å². The van der Waals surface area contributed by atoms with Crippen LogP contribution in [0.2, 0.25) is 0 Å². The normalized spacial score (nSPS) is 16.1. The Labute approximate surface area is 196 Å². The first kappa shape index (κ1) is 25.4. The second-order valence-electron chi connectivity index (χ2n) is 7.93. The molecule has 3 rings (SSSR count). The summed E-state index contributed by atoms with van der Waals surface area (Å²) >= 11 is 0. The van der Waals surface area contributed by atoms with Crippen LogP contribution in [-0.2, 0) is 16.0 Å².